The topological polar surface area (TPSA) is 33.1 Å². The lowest BCUT2D eigenvalue weighted by molar-refractivity contribution is 0.458. The van der Waals surface area contributed by atoms with E-state index < -0.39 is 5.82 Å². The standard InChI is InChI=1S/C9H5ClFNOS/c10-5-1-2-6(7(11)3-5)9-12-8(13)4-14-9/h1-4,13H. The van der Waals surface area contributed by atoms with Crippen molar-refractivity contribution in [2.24, 2.45) is 0 Å². The molecule has 2 nitrogen and oxygen atoms in total. The molecular weight excluding hydrogens is 225 g/mol. The summed E-state index contributed by atoms with van der Waals surface area (Å²) < 4.78 is 13.3. The van der Waals surface area contributed by atoms with Gasteiger partial charge in [0.25, 0.3) is 0 Å². The highest BCUT2D eigenvalue weighted by Gasteiger charge is 2.09. The molecule has 2 rings (SSSR count). The van der Waals surface area contributed by atoms with Gasteiger partial charge in [-0.25, -0.2) is 9.37 Å². The lowest BCUT2D eigenvalue weighted by atomic mass is 10.2. The fraction of sp³-hybridized carbons (Fsp3) is 0. The van der Waals surface area contributed by atoms with Crippen molar-refractivity contribution in [2.75, 3.05) is 0 Å². The summed E-state index contributed by atoms with van der Waals surface area (Å²) in [5, 5.41) is 11.2. The first-order valence-electron chi connectivity index (χ1n) is 3.77. The summed E-state index contributed by atoms with van der Waals surface area (Å²) in [5.74, 6) is -0.536. The quantitative estimate of drug-likeness (QED) is 0.814. The molecule has 0 saturated heterocycles. The lowest BCUT2D eigenvalue weighted by Crippen LogP contribution is -1.82. The average molecular weight is 230 g/mol. The number of halogens is 2. The van der Waals surface area contributed by atoms with E-state index in [9.17, 15) is 4.39 Å². The van der Waals surface area contributed by atoms with Gasteiger partial charge in [0.1, 0.15) is 10.8 Å². The van der Waals surface area contributed by atoms with E-state index in [4.69, 9.17) is 16.7 Å². The molecule has 0 bridgehead atoms. The second-order valence-electron chi connectivity index (χ2n) is 2.64. The molecule has 14 heavy (non-hydrogen) atoms. The molecule has 2 aromatic rings. The third-order valence-corrected chi connectivity index (χ3v) is 2.75. The first kappa shape index (κ1) is 9.43. The van der Waals surface area contributed by atoms with E-state index in [0.717, 1.165) is 0 Å². The molecule has 0 radical (unpaired) electrons. The number of nitrogens with zero attached hydrogens (tertiary/aromatic N) is 1. The Morgan fingerprint density at radius 1 is 1.43 bits per heavy atom. The maximum absolute atomic E-state index is 13.3. The van der Waals surface area contributed by atoms with Crippen LogP contribution in [0.3, 0.4) is 0 Å². The fourth-order valence-corrected chi connectivity index (χ4v) is 1.92. The second kappa shape index (κ2) is 3.55. The summed E-state index contributed by atoms with van der Waals surface area (Å²) in [4.78, 5) is 3.76. The number of aromatic hydroxyl groups is 1. The van der Waals surface area contributed by atoms with Crippen LogP contribution in [0.4, 0.5) is 4.39 Å². The maximum Gasteiger partial charge on any atom is 0.222 e. The third kappa shape index (κ3) is 1.71. The van der Waals surface area contributed by atoms with Crippen LogP contribution in [0.15, 0.2) is 23.6 Å². The maximum atomic E-state index is 13.3. The molecule has 0 saturated carbocycles. The highest BCUT2D eigenvalue weighted by atomic mass is 35.5. The van der Waals surface area contributed by atoms with Crippen LogP contribution in [-0.4, -0.2) is 10.1 Å². The van der Waals surface area contributed by atoms with Crippen molar-refractivity contribution in [3.63, 3.8) is 0 Å². The van der Waals surface area contributed by atoms with Crippen LogP contribution < -0.4 is 0 Å². The molecule has 0 atom stereocenters. The highest BCUT2D eigenvalue weighted by Crippen LogP contribution is 2.29. The zero-order valence-electron chi connectivity index (χ0n) is 6.87. The lowest BCUT2D eigenvalue weighted by Gasteiger charge is -1.98. The average Bonchev–Trinajstić information content (AvgIpc) is 2.51. The fourth-order valence-electron chi connectivity index (χ4n) is 1.05. The third-order valence-electron chi connectivity index (χ3n) is 1.65. The number of hydrogen-bond acceptors (Lipinski definition) is 3. The Morgan fingerprint density at radius 2 is 2.21 bits per heavy atom. The summed E-state index contributed by atoms with van der Waals surface area (Å²) in [6, 6.07) is 4.34. The minimum atomic E-state index is -0.438. The van der Waals surface area contributed by atoms with Gasteiger partial charge in [-0.1, -0.05) is 11.6 Å². The molecule has 0 unspecified atom stereocenters. The smallest absolute Gasteiger partial charge is 0.222 e. The first-order chi connectivity index (χ1) is 6.66. The monoisotopic (exact) mass is 229 g/mol. The van der Waals surface area contributed by atoms with E-state index in [1.165, 1.54) is 28.8 Å². The van der Waals surface area contributed by atoms with Crippen molar-refractivity contribution in [1.82, 2.24) is 4.98 Å². The van der Waals surface area contributed by atoms with E-state index in [1.54, 1.807) is 6.07 Å². The molecule has 0 aliphatic heterocycles. The number of hydrogen-bond donors (Lipinski definition) is 1. The normalized spacial score (nSPS) is 10.4. The van der Waals surface area contributed by atoms with Crippen molar-refractivity contribution >= 4 is 22.9 Å². The number of benzene rings is 1. The van der Waals surface area contributed by atoms with Crippen LogP contribution in [0.2, 0.25) is 5.02 Å². The SMILES string of the molecule is Oc1csc(-c2ccc(Cl)cc2F)n1. The van der Waals surface area contributed by atoms with Gasteiger partial charge in [0.15, 0.2) is 0 Å². The zero-order chi connectivity index (χ0) is 10.1. The Morgan fingerprint density at radius 3 is 2.79 bits per heavy atom. The summed E-state index contributed by atoms with van der Waals surface area (Å²) in [6.07, 6.45) is 0. The minimum Gasteiger partial charge on any atom is -0.493 e. The second-order valence-corrected chi connectivity index (χ2v) is 3.93. The van der Waals surface area contributed by atoms with Gasteiger partial charge in [0, 0.05) is 10.6 Å². The van der Waals surface area contributed by atoms with Gasteiger partial charge in [-0.2, -0.15) is 0 Å². The van der Waals surface area contributed by atoms with E-state index in [1.807, 2.05) is 0 Å². The van der Waals surface area contributed by atoms with Gasteiger partial charge in [-0.3, -0.25) is 0 Å². The molecule has 0 amide bonds. The zero-order valence-corrected chi connectivity index (χ0v) is 8.44. The number of rotatable bonds is 1. The van der Waals surface area contributed by atoms with Crippen molar-refractivity contribution in [1.29, 1.82) is 0 Å². The Hall–Kier alpha value is -1.13. The molecule has 0 aliphatic carbocycles. The predicted molar refractivity (Wildman–Crippen MR) is 54.2 cm³/mol. The molecule has 0 aliphatic rings. The highest BCUT2D eigenvalue weighted by molar-refractivity contribution is 7.13. The van der Waals surface area contributed by atoms with Gasteiger partial charge in [0.05, 0.1) is 5.38 Å². The van der Waals surface area contributed by atoms with Crippen LogP contribution in [0.25, 0.3) is 10.6 Å². The summed E-state index contributed by atoms with van der Waals surface area (Å²) in [5.41, 5.74) is 0.347. The summed E-state index contributed by atoms with van der Waals surface area (Å²) >= 11 is 6.78. The van der Waals surface area contributed by atoms with E-state index in [0.29, 0.717) is 15.6 Å². The van der Waals surface area contributed by atoms with Crippen LogP contribution in [0, 0.1) is 5.82 Å². The van der Waals surface area contributed by atoms with E-state index >= 15 is 0 Å². The van der Waals surface area contributed by atoms with Crippen LogP contribution in [0.5, 0.6) is 5.88 Å². The number of thiazole rings is 1. The molecule has 0 fully saturated rings. The molecule has 1 N–H and O–H groups in total. The van der Waals surface area contributed by atoms with Crippen molar-refractivity contribution < 1.29 is 9.50 Å². The number of aromatic nitrogens is 1. The largest absolute Gasteiger partial charge is 0.493 e. The Bertz CT molecular complexity index is 472. The summed E-state index contributed by atoms with van der Waals surface area (Å²) in [6.45, 7) is 0. The minimum absolute atomic E-state index is 0.0978. The molecule has 72 valence electrons. The molecule has 1 heterocycles. The van der Waals surface area contributed by atoms with Crippen LogP contribution in [0.1, 0.15) is 0 Å². The molecule has 1 aromatic carbocycles. The Labute approximate surface area is 88.6 Å². The Balaban J connectivity index is 2.52. The molecule has 1 aromatic heterocycles. The molecule has 0 spiro atoms. The van der Waals surface area contributed by atoms with Crippen LogP contribution >= 0.6 is 22.9 Å². The van der Waals surface area contributed by atoms with E-state index in [2.05, 4.69) is 4.98 Å². The van der Waals surface area contributed by atoms with Gasteiger partial charge in [0.2, 0.25) is 5.88 Å². The van der Waals surface area contributed by atoms with Gasteiger partial charge >= 0.3 is 0 Å². The van der Waals surface area contributed by atoms with Crippen LogP contribution in [-0.2, 0) is 0 Å². The van der Waals surface area contributed by atoms with Crippen molar-refractivity contribution in [3.8, 4) is 16.5 Å². The van der Waals surface area contributed by atoms with Gasteiger partial charge in [-0.05, 0) is 18.2 Å². The first-order valence-corrected chi connectivity index (χ1v) is 5.02. The summed E-state index contributed by atoms with van der Waals surface area (Å²) in [7, 11) is 0. The van der Waals surface area contributed by atoms with Crippen molar-refractivity contribution in [3.05, 3.63) is 34.4 Å². The predicted octanol–water partition coefficient (Wildman–Crippen LogP) is 3.31. The van der Waals surface area contributed by atoms with Gasteiger partial charge in [-0.15, -0.1) is 11.3 Å². The van der Waals surface area contributed by atoms with Gasteiger partial charge < -0.3 is 5.11 Å². The van der Waals surface area contributed by atoms with Crippen molar-refractivity contribution in [2.45, 2.75) is 0 Å². The molecule has 5 heteroatoms. The Kier molecular flexibility index (Phi) is 2.39. The van der Waals surface area contributed by atoms with E-state index in [-0.39, 0.29) is 5.88 Å². The molecular formula is C9H5ClFNOS.